The Morgan fingerprint density at radius 3 is 1.08 bits per heavy atom. The third-order valence-corrected chi connectivity index (χ3v) is 2.68. The Balaban J connectivity index is 0. The fourth-order valence-electron chi connectivity index (χ4n) is 1.34. The van der Waals surface area contributed by atoms with Crippen molar-refractivity contribution < 1.29 is 18.8 Å². The molecule has 0 aliphatic carbocycles. The summed E-state index contributed by atoms with van der Waals surface area (Å²) in [6.07, 6.45) is 0. The number of rotatable bonds is 4. The standard InChI is InChI=1S/C8H20N.HO3P/c1-5-9(6-2,7-3)8-4;1-4(2)3/h5-8H2,1-4H3;(H-,1,2,3)/q+1;/p+1. The third-order valence-electron chi connectivity index (χ3n) is 2.68. The summed E-state index contributed by atoms with van der Waals surface area (Å²) >= 11 is 0. The molecule has 2 N–H and O–H groups in total. The summed E-state index contributed by atoms with van der Waals surface area (Å²) in [5.74, 6) is 0. The van der Waals surface area contributed by atoms with Crippen LogP contribution in [0, 0.1) is 0 Å². The van der Waals surface area contributed by atoms with E-state index < -0.39 is 8.25 Å². The average Bonchev–Trinajstić information content (AvgIpc) is 2.09. The van der Waals surface area contributed by atoms with Crippen LogP contribution < -0.4 is 0 Å². The van der Waals surface area contributed by atoms with Gasteiger partial charge in [-0.1, -0.05) is 0 Å². The summed E-state index contributed by atoms with van der Waals surface area (Å²) in [5.41, 5.74) is 0. The fourth-order valence-corrected chi connectivity index (χ4v) is 1.34. The molecule has 0 bridgehead atoms. The summed E-state index contributed by atoms with van der Waals surface area (Å²) in [6, 6.07) is 0. The van der Waals surface area contributed by atoms with Gasteiger partial charge in [0.15, 0.2) is 0 Å². The first-order valence-corrected chi connectivity index (χ1v) is 5.84. The Labute approximate surface area is 81.7 Å². The lowest BCUT2D eigenvalue weighted by molar-refractivity contribution is -0.921. The first-order chi connectivity index (χ1) is 5.97. The van der Waals surface area contributed by atoms with E-state index in [4.69, 9.17) is 14.4 Å². The van der Waals surface area contributed by atoms with Gasteiger partial charge < -0.3 is 4.48 Å². The maximum Gasteiger partial charge on any atom is 0.692 e. The SMILES string of the molecule is CC[N+](CC)(CC)CC.O=[P+](O)O. The van der Waals surface area contributed by atoms with E-state index in [-0.39, 0.29) is 0 Å². The minimum atomic E-state index is -2.87. The molecule has 4 nitrogen and oxygen atoms in total. The van der Waals surface area contributed by atoms with Crippen LogP contribution in [0.3, 0.4) is 0 Å². The highest BCUT2D eigenvalue weighted by Crippen LogP contribution is 2.03. The molecule has 0 spiro atoms. The van der Waals surface area contributed by atoms with E-state index in [1.807, 2.05) is 0 Å². The van der Waals surface area contributed by atoms with Crippen molar-refractivity contribution in [2.45, 2.75) is 27.7 Å². The summed E-state index contributed by atoms with van der Waals surface area (Å²) < 4.78 is 9.98. The Kier molecular flexibility index (Phi) is 10.2. The Hall–Kier alpha value is -0.0200. The van der Waals surface area contributed by atoms with Crippen LogP contribution >= 0.6 is 8.25 Å². The lowest BCUT2D eigenvalue weighted by Gasteiger charge is -2.34. The molecule has 0 saturated heterocycles. The monoisotopic (exact) mass is 211 g/mol. The molecule has 0 unspecified atom stereocenters. The molecule has 0 radical (unpaired) electrons. The van der Waals surface area contributed by atoms with Crippen molar-refractivity contribution in [3.05, 3.63) is 0 Å². The molecule has 0 rings (SSSR count). The smallest absolute Gasteiger partial charge is 0.325 e. The quantitative estimate of drug-likeness (QED) is 0.547. The largest absolute Gasteiger partial charge is 0.692 e. The Morgan fingerprint density at radius 2 is 1.08 bits per heavy atom. The molecule has 0 saturated carbocycles. The Morgan fingerprint density at radius 1 is 0.923 bits per heavy atom. The first-order valence-electron chi connectivity index (χ1n) is 4.68. The number of hydrogen-bond donors (Lipinski definition) is 2. The lowest BCUT2D eigenvalue weighted by atomic mass is 10.3. The van der Waals surface area contributed by atoms with Gasteiger partial charge in [-0.25, -0.2) is 0 Å². The molecule has 0 aromatic carbocycles. The molecular weight excluding hydrogens is 189 g/mol. The van der Waals surface area contributed by atoms with Crippen molar-refractivity contribution >= 4 is 8.25 Å². The highest BCUT2D eigenvalue weighted by atomic mass is 31.1. The molecule has 0 amide bonds. The average molecular weight is 211 g/mol. The molecular formula is C8H22NO3P+2. The topological polar surface area (TPSA) is 57.5 Å². The molecule has 0 fully saturated rings. The van der Waals surface area contributed by atoms with Crippen molar-refractivity contribution in [3.8, 4) is 0 Å². The van der Waals surface area contributed by atoms with Gasteiger partial charge in [0.05, 0.1) is 26.2 Å². The highest BCUT2D eigenvalue weighted by molar-refractivity contribution is 7.30. The van der Waals surface area contributed by atoms with Gasteiger partial charge in [0, 0.05) is 4.57 Å². The van der Waals surface area contributed by atoms with E-state index in [1.165, 1.54) is 30.7 Å². The molecule has 0 aliphatic heterocycles. The predicted molar refractivity (Wildman–Crippen MR) is 54.5 cm³/mol. The molecule has 0 aromatic heterocycles. The molecule has 0 aliphatic rings. The second-order valence-corrected chi connectivity index (χ2v) is 3.36. The van der Waals surface area contributed by atoms with Crippen molar-refractivity contribution in [1.82, 2.24) is 0 Å². The van der Waals surface area contributed by atoms with E-state index >= 15 is 0 Å². The van der Waals surface area contributed by atoms with Gasteiger partial charge in [-0.3, -0.25) is 0 Å². The third kappa shape index (κ3) is 8.31. The second-order valence-electron chi connectivity index (χ2n) is 2.86. The van der Waals surface area contributed by atoms with E-state index in [0.717, 1.165) is 0 Å². The normalized spacial score (nSPS) is 10.3. The summed E-state index contributed by atoms with van der Waals surface area (Å²) in [5, 5.41) is 0. The number of nitrogens with zero attached hydrogens (tertiary/aromatic N) is 1. The molecule has 5 heteroatoms. The first kappa shape index (κ1) is 15.5. The lowest BCUT2D eigenvalue weighted by Crippen LogP contribution is -2.47. The van der Waals surface area contributed by atoms with E-state index in [9.17, 15) is 0 Å². The van der Waals surface area contributed by atoms with Crippen LogP contribution in [-0.2, 0) is 4.57 Å². The van der Waals surface area contributed by atoms with E-state index in [1.54, 1.807) is 0 Å². The molecule has 0 heterocycles. The van der Waals surface area contributed by atoms with Gasteiger partial charge >= 0.3 is 8.25 Å². The van der Waals surface area contributed by atoms with Crippen LogP contribution in [-0.4, -0.2) is 40.4 Å². The minimum Gasteiger partial charge on any atom is -0.325 e. The number of hydrogen-bond acceptors (Lipinski definition) is 1. The minimum absolute atomic E-state index is 1.28. The van der Waals surface area contributed by atoms with Gasteiger partial charge in [-0.05, 0) is 27.7 Å². The zero-order valence-corrected chi connectivity index (χ0v) is 9.92. The molecule has 0 atom stereocenters. The van der Waals surface area contributed by atoms with Crippen molar-refractivity contribution in [2.24, 2.45) is 0 Å². The zero-order valence-electron chi connectivity index (χ0n) is 9.03. The van der Waals surface area contributed by atoms with Gasteiger partial charge in [-0.15, -0.1) is 9.79 Å². The van der Waals surface area contributed by atoms with E-state index in [2.05, 4.69) is 27.7 Å². The zero-order chi connectivity index (χ0) is 10.9. The molecule has 13 heavy (non-hydrogen) atoms. The second kappa shape index (κ2) is 8.57. The van der Waals surface area contributed by atoms with Crippen LogP contribution in [0.5, 0.6) is 0 Å². The van der Waals surface area contributed by atoms with Gasteiger partial charge in [0.25, 0.3) is 0 Å². The fraction of sp³-hybridized carbons (Fsp3) is 1.00. The summed E-state index contributed by atoms with van der Waals surface area (Å²) in [7, 11) is -2.87. The molecule has 0 aromatic rings. The van der Waals surface area contributed by atoms with Gasteiger partial charge in [-0.2, -0.15) is 0 Å². The van der Waals surface area contributed by atoms with Crippen LogP contribution in [0.2, 0.25) is 0 Å². The van der Waals surface area contributed by atoms with Crippen molar-refractivity contribution in [1.29, 1.82) is 0 Å². The van der Waals surface area contributed by atoms with Crippen molar-refractivity contribution in [3.63, 3.8) is 0 Å². The maximum atomic E-state index is 8.70. The van der Waals surface area contributed by atoms with Gasteiger partial charge in [0.2, 0.25) is 0 Å². The molecule has 80 valence electrons. The van der Waals surface area contributed by atoms with Crippen molar-refractivity contribution in [2.75, 3.05) is 26.2 Å². The van der Waals surface area contributed by atoms with Crippen LogP contribution in [0.25, 0.3) is 0 Å². The predicted octanol–water partition coefficient (Wildman–Crippen LogP) is 1.51. The van der Waals surface area contributed by atoms with E-state index in [0.29, 0.717) is 0 Å². The van der Waals surface area contributed by atoms with Crippen LogP contribution in [0.4, 0.5) is 0 Å². The Bertz CT molecular complexity index is 116. The number of quaternary nitrogens is 1. The maximum absolute atomic E-state index is 8.70. The summed E-state index contributed by atoms with van der Waals surface area (Å²) in [6.45, 7) is 14.2. The van der Waals surface area contributed by atoms with Gasteiger partial charge in [0.1, 0.15) is 0 Å². The van der Waals surface area contributed by atoms with Crippen LogP contribution in [0.15, 0.2) is 0 Å². The highest BCUT2D eigenvalue weighted by Gasteiger charge is 2.16. The van der Waals surface area contributed by atoms with Crippen LogP contribution in [0.1, 0.15) is 27.7 Å². The summed E-state index contributed by atoms with van der Waals surface area (Å²) in [4.78, 5) is 14.2.